The molecule has 3 N–H and O–H groups in total. The predicted molar refractivity (Wildman–Crippen MR) is 101 cm³/mol. The van der Waals surface area contributed by atoms with Crippen LogP contribution in [0.25, 0.3) is 11.1 Å². The third kappa shape index (κ3) is 4.12. The van der Waals surface area contributed by atoms with Gasteiger partial charge in [0.2, 0.25) is 5.91 Å². The highest BCUT2D eigenvalue weighted by Gasteiger charge is 2.21. The summed E-state index contributed by atoms with van der Waals surface area (Å²) >= 11 is 1.25. The molecule has 1 heterocycles. The van der Waals surface area contributed by atoms with Gasteiger partial charge in [-0.1, -0.05) is 12.1 Å². The van der Waals surface area contributed by atoms with Crippen LogP contribution in [0.3, 0.4) is 0 Å². The standard InChI is InChI=1S/C18H17N5O2S/c1-11(25)22-13-5-3-12(4-6-13)16-14(9-19)17(21-2)23-18(15(16)10-20)26-8-7-24/h3-6,24H,7-8H2,1-2H3,(H,21,23)(H,22,25). The van der Waals surface area contributed by atoms with E-state index in [1.165, 1.54) is 18.7 Å². The zero-order valence-electron chi connectivity index (χ0n) is 14.3. The largest absolute Gasteiger partial charge is 0.396 e. The molecule has 0 spiro atoms. The maximum Gasteiger partial charge on any atom is 0.221 e. The molecule has 0 unspecified atom stereocenters. The molecule has 1 aromatic carbocycles. The molecule has 1 amide bonds. The molecule has 0 bridgehead atoms. The van der Waals surface area contributed by atoms with Crippen molar-refractivity contribution in [2.45, 2.75) is 11.9 Å². The number of hydrogen-bond donors (Lipinski definition) is 3. The monoisotopic (exact) mass is 367 g/mol. The topological polar surface area (TPSA) is 122 Å². The molecule has 132 valence electrons. The minimum atomic E-state index is -0.183. The molecule has 2 aromatic rings. The van der Waals surface area contributed by atoms with Crippen LogP contribution >= 0.6 is 11.8 Å². The van der Waals surface area contributed by atoms with Crippen LogP contribution in [0.5, 0.6) is 0 Å². The number of carbonyl (C=O) groups is 1. The Labute approximate surface area is 155 Å². The van der Waals surface area contributed by atoms with E-state index >= 15 is 0 Å². The first kappa shape index (κ1) is 19.3. The Morgan fingerprint density at radius 2 is 1.88 bits per heavy atom. The number of nitrogens with zero attached hydrogens (tertiary/aromatic N) is 3. The lowest BCUT2D eigenvalue weighted by Gasteiger charge is -2.14. The molecule has 0 saturated heterocycles. The second-order valence-corrected chi connectivity index (χ2v) is 6.28. The van der Waals surface area contributed by atoms with Crippen molar-refractivity contribution in [3.63, 3.8) is 0 Å². The lowest BCUT2D eigenvalue weighted by molar-refractivity contribution is -0.114. The number of aliphatic hydroxyl groups excluding tert-OH is 1. The van der Waals surface area contributed by atoms with Gasteiger partial charge in [-0.25, -0.2) is 4.98 Å². The van der Waals surface area contributed by atoms with E-state index < -0.39 is 0 Å². The van der Waals surface area contributed by atoms with Gasteiger partial charge in [0.1, 0.15) is 28.5 Å². The van der Waals surface area contributed by atoms with Crippen molar-refractivity contribution in [2.24, 2.45) is 0 Å². The van der Waals surface area contributed by atoms with E-state index in [1.54, 1.807) is 31.3 Å². The van der Waals surface area contributed by atoms with Gasteiger partial charge >= 0.3 is 0 Å². The van der Waals surface area contributed by atoms with E-state index in [2.05, 4.69) is 27.8 Å². The first-order valence-corrected chi connectivity index (χ1v) is 8.71. The molecule has 0 radical (unpaired) electrons. The number of hydrogen-bond acceptors (Lipinski definition) is 7. The lowest BCUT2D eigenvalue weighted by Crippen LogP contribution is -2.06. The molecule has 7 nitrogen and oxygen atoms in total. The maximum atomic E-state index is 11.2. The summed E-state index contributed by atoms with van der Waals surface area (Å²) in [5.74, 6) is 0.572. The quantitative estimate of drug-likeness (QED) is 0.671. The van der Waals surface area contributed by atoms with Gasteiger partial charge in [0.15, 0.2) is 0 Å². The van der Waals surface area contributed by atoms with Crippen LogP contribution in [-0.2, 0) is 4.79 Å². The van der Waals surface area contributed by atoms with Crippen molar-refractivity contribution in [3.8, 4) is 23.3 Å². The fraction of sp³-hybridized carbons (Fsp3) is 0.222. The van der Waals surface area contributed by atoms with E-state index in [0.29, 0.717) is 33.4 Å². The summed E-state index contributed by atoms with van der Waals surface area (Å²) in [7, 11) is 1.65. The molecule has 2 rings (SSSR count). The molecule has 0 aliphatic carbocycles. The average molecular weight is 367 g/mol. The molecule has 0 aliphatic rings. The number of nitriles is 2. The molecule has 1 aromatic heterocycles. The van der Waals surface area contributed by atoms with Crippen LogP contribution < -0.4 is 10.6 Å². The zero-order chi connectivity index (χ0) is 19.1. The summed E-state index contributed by atoms with van der Waals surface area (Å²) in [6.07, 6.45) is 0. The van der Waals surface area contributed by atoms with Crippen LogP contribution in [0.4, 0.5) is 11.5 Å². The minimum absolute atomic E-state index is 0.0488. The fourth-order valence-electron chi connectivity index (χ4n) is 2.42. The predicted octanol–water partition coefficient (Wildman–Crippen LogP) is 2.58. The molecule has 0 atom stereocenters. The Bertz CT molecular complexity index is 898. The molecular formula is C18H17N5O2S. The number of aromatic nitrogens is 1. The van der Waals surface area contributed by atoms with Gasteiger partial charge in [0, 0.05) is 31.0 Å². The van der Waals surface area contributed by atoms with Crippen LogP contribution in [0.15, 0.2) is 29.3 Å². The van der Waals surface area contributed by atoms with Gasteiger partial charge in [0.05, 0.1) is 12.2 Å². The van der Waals surface area contributed by atoms with Gasteiger partial charge < -0.3 is 15.7 Å². The number of thioether (sulfide) groups is 1. The first-order chi connectivity index (χ1) is 12.5. The zero-order valence-corrected chi connectivity index (χ0v) is 15.1. The molecule has 26 heavy (non-hydrogen) atoms. The third-order valence-electron chi connectivity index (χ3n) is 3.45. The summed E-state index contributed by atoms with van der Waals surface area (Å²) in [5, 5.41) is 34.4. The highest BCUT2D eigenvalue weighted by atomic mass is 32.2. The average Bonchev–Trinajstić information content (AvgIpc) is 2.65. The van der Waals surface area contributed by atoms with Gasteiger partial charge in [-0.2, -0.15) is 10.5 Å². The van der Waals surface area contributed by atoms with E-state index in [4.69, 9.17) is 5.11 Å². The summed E-state index contributed by atoms with van der Waals surface area (Å²) in [6, 6.07) is 11.1. The second kappa shape index (κ2) is 8.86. The van der Waals surface area contributed by atoms with Crippen LogP contribution in [0.1, 0.15) is 18.1 Å². The Balaban J connectivity index is 2.66. The molecule has 0 aliphatic heterocycles. The van der Waals surface area contributed by atoms with Crippen molar-refractivity contribution in [3.05, 3.63) is 35.4 Å². The van der Waals surface area contributed by atoms with Gasteiger partial charge in [0.25, 0.3) is 0 Å². The van der Waals surface area contributed by atoms with Crippen molar-refractivity contribution >= 4 is 29.2 Å². The van der Waals surface area contributed by atoms with E-state index in [1.807, 2.05) is 0 Å². The SMILES string of the molecule is CNc1nc(SCCO)c(C#N)c(-c2ccc(NC(C)=O)cc2)c1C#N. The van der Waals surface area contributed by atoms with E-state index in [0.717, 1.165) is 0 Å². The first-order valence-electron chi connectivity index (χ1n) is 7.73. The number of amides is 1. The summed E-state index contributed by atoms with van der Waals surface area (Å²) in [4.78, 5) is 15.5. The summed E-state index contributed by atoms with van der Waals surface area (Å²) < 4.78 is 0. The molecular weight excluding hydrogens is 350 g/mol. The Morgan fingerprint density at radius 3 is 2.38 bits per heavy atom. The fourth-order valence-corrected chi connectivity index (χ4v) is 3.15. The van der Waals surface area contributed by atoms with Crippen LogP contribution in [-0.4, -0.2) is 35.4 Å². The smallest absolute Gasteiger partial charge is 0.221 e. The number of carbonyl (C=O) groups excluding carboxylic acids is 1. The highest BCUT2D eigenvalue weighted by Crippen LogP contribution is 2.36. The van der Waals surface area contributed by atoms with Crippen LogP contribution in [0, 0.1) is 22.7 Å². The number of pyridine rings is 1. The van der Waals surface area contributed by atoms with Crippen LogP contribution in [0.2, 0.25) is 0 Å². The lowest BCUT2D eigenvalue weighted by atomic mass is 9.96. The number of aliphatic hydroxyl groups is 1. The van der Waals surface area contributed by atoms with E-state index in [-0.39, 0.29) is 23.6 Å². The number of nitrogens with one attached hydrogen (secondary N) is 2. The van der Waals surface area contributed by atoms with Gasteiger partial charge in [-0.3, -0.25) is 4.79 Å². The maximum absolute atomic E-state index is 11.2. The number of rotatable bonds is 6. The summed E-state index contributed by atoms with van der Waals surface area (Å²) in [5.41, 5.74) is 2.31. The van der Waals surface area contributed by atoms with E-state index in [9.17, 15) is 15.3 Å². The molecule has 0 fully saturated rings. The van der Waals surface area contributed by atoms with Gasteiger partial charge in [-0.15, -0.1) is 11.8 Å². The van der Waals surface area contributed by atoms with Crippen molar-refractivity contribution in [2.75, 3.05) is 30.0 Å². The Kier molecular flexibility index (Phi) is 6.56. The third-order valence-corrected chi connectivity index (χ3v) is 4.40. The van der Waals surface area contributed by atoms with Crippen molar-refractivity contribution in [1.82, 2.24) is 4.98 Å². The number of benzene rings is 1. The van der Waals surface area contributed by atoms with Gasteiger partial charge in [-0.05, 0) is 17.7 Å². The number of anilines is 2. The highest BCUT2D eigenvalue weighted by molar-refractivity contribution is 7.99. The normalized spacial score (nSPS) is 9.88. The summed E-state index contributed by atoms with van der Waals surface area (Å²) in [6.45, 7) is 1.37. The van der Waals surface area contributed by atoms with Crippen molar-refractivity contribution < 1.29 is 9.90 Å². The Morgan fingerprint density at radius 1 is 1.23 bits per heavy atom. The second-order valence-electron chi connectivity index (χ2n) is 5.19. The minimum Gasteiger partial charge on any atom is -0.396 e. The molecule has 0 saturated carbocycles. The Hall–Kier alpha value is -3.07. The molecule has 8 heteroatoms. The van der Waals surface area contributed by atoms with Crippen molar-refractivity contribution in [1.29, 1.82) is 10.5 Å².